The van der Waals surface area contributed by atoms with Crippen molar-refractivity contribution in [2.75, 3.05) is 11.9 Å². The highest BCUT2D eigenvalue weighted by molar-refractivity contribution is 7.19. The fourth-order valence-electron chi connectivity index (χ4n) is 3.91. The smallest absolute Gasteiger partial charge is 0.282 e. The fraction of sp³-hybridized carbons (Fsp3) is 0.522. The van der Waals surface area contributed by atoms with Crippen molar-refractivity contribution in [1.82, 2.24) is 20.5 Å². The van der Waals surface area contributed by atoms with Gasteiger partial charge in [-0.3, -0.25) is 9.59 Å². The number of rotatable bonds is 8. The number of nitrogens with two attached hydrogens (primary N) is 1. The highest BCUT2D eigenvalue weighted by Crippen LogP contribution is 2.34. The minimum Gasteiger partial charge on any atom is -0.474 e. The average molecular weight is 503 g/mol. The number of nitrogens with one attached hydrogen (secondary N) is 2. The Kier molecular flexibility index (Phi) is 7.32. The van der Waals surface area contributed by atoms with Crippen molar-refractivity contribution in [2.24, 2.45) is 11.7 Å². The van der Waals surface area contributed by atoms with Crippen LogP contribution in [-0.2, 0) is 0 Å². The first-order valence-corrected chi connectivity index (χ1v) is 13.1. The lowest BCUT2D eigenvalue weighted by Gasteiger charge is -2.29. The summed E-state index contributed by atoms with van der Waals surface area (Å²) in [6.07, 6.45) is 2.91. The number of aryl methyl sites for hydroxylation is 2. The summed E-state index contributed by atoms with van der Waals surface area (Å²) in [5.74, 6) is 0.0241. The van der Waals surface area contributed by atoms with Crippen LogP contribution >= 0.6 is 22.7 Å². The van der Waals surface area contributed by atoms with E-state index in [2.05, 4.69) is 39.7 Å². The van der Waals surface area contributed by atoms with Crippen molar-refractivity contribution >= 4 is 49.8 Å². The summed E-state index contributed by atoms with van der Waals surface area (Å²) < 4.78 is 7.09. The molecule has 0 aromatic carbocycles. The summed E-state index contributed by atoms with van der Waals surface area (Å²) >= 11 is 2.86. The first-order chi connectivity index (χ1) is 16.2. The molecular formula is C23H30N6O3S2. The normalized spacial score (nSPS) is 18.3. The lowest BCUT2D eigenvalue weighted by molar-refractivity contribution is 0.0880. The molecule has 1 aliphatic rings. The molecule has 0 radical (unpaired) electrons. The number of thiophene rings is 1. The van der Waals surface area contributed by atoms with E-state index in [9.17, 15) is 9.59 Å². The second-order valence-corrected chi connectivity index (χ2v) is 11.3. The zero-order valence-corrected chi connectivity index (χ0v) is 21.4. The third kappa shape index (κ3) is 5.47. The molecule has 11 heteroatoms. The molecule has 0 atom stereocenters. The van der Waals surface area contributed by atoms with Gasteiger partial charge in [-0.1, -0.05) is 25.2 Å². The van der Waals surface area contributed by atoms with Crippen LogP contribution in [0.4, 0.5) is 5.13 Å². The topological polar surface area (TPSA) is 132 Å². The Morgan fingerprint density at radius 3 is 2.59 bits per heavy atom. The summed E-state index contributed by atoms with van der Waals surface area (Å²) in [5.41, 5.74) is 7.85. The van der Waals surface area contributed by atoms with Gasteiger partial charge in [0, 0.05) is 17.5 Å². The van der Waals surface area contributed by atoms with Crippen LogP contribution in [0.3, 0.4) is 0 Å². The van der Waals surface area contributed by atoms with Crippen LogP contribution in [0.2, 0.25) is 0 Å². The third-order valence-corrected chi connectivity index (χ3v) is 7.96. The first-order valence-electron chi connectivity index (χ1n) is 11.5. The maximum Gasteiger partial charge on any atom is 0.282 e. The van der Waals surface area contributed by atoms with E-state index >= 15 is 0 Å². The highest BCUT2D eigenvalue weighted by atomic mass is 32.1. The molecule has 34 heavy (non-hydrogen) atoms. The fourth-order valence-corrected chi connectivity index (χ4v) is 5.61. The molecule has 1 aliphatic carbocycles. The second-order valence-electron chi connectivity index (χ2n) is 9.09. The second kappa shape index (κ2) is 10.2. The van der Waals surface area contributed by atoms with Crippen molar-refractivity contribution in [3.63, 3.8) is 0 Å². The van der Waals surface area contributed by atoms with Gasteiger partial charge >= 0.3 is 0 Å². The minimum absolute atomic E-state index is 0.0381. The molecule has 4 N–H and O–H groups in total. The number of anilines is 1. The molecule has 9 nitrogen and oxygen atoms in total. The number of pyridine rings is 1. The Morgan fingerprint density at radius 2 is 1.91 bits per heavy atom. The van der Waals surface area contributed by atoms with Crippen LogP contribution < -0.4 is 21.1 Å². The molecular weight excluding hydrogens is 472 g/mol. The van der Waals surface area contributed by atoms with Gasteiger partial charge in [0.25, 0.3) is 11.8 Å². The summed E-state index contributed by atoms with van der Waals surface area (Å²) in [6.45, 7) is 9.05. The van der Waals surface area contributed by atoms with Crippen molar-refractivity contribution in [1.29, 1.82) is 0 Å². The molecule has 2 amide bonds. The van der Waals surface area contributed by atoms with Gasteiger partial charge in [0.15, 0.2) is 0 Å². The van der Waals surface area contributed by atoms with Crippen LogP contribution in [0, 0.1) is 19.8 Å². The van der Waals surface area contributed by atoms with Gasteiger partial charge < -0.3 is 21.1 Å². The number of hydrogen-bond acceptors (Lipinski definition) is 9. The molecule has 1 saturated carbocycles. The Labute approximate surface area is 206 Å². The molecule has 0 unspecified atom stereocenters. The van der Waals surface area contributed by atoms with E-state index in [4.69, 9.17) is 10.5 Å². The molecule has 3 heterocycles. The lowest BCUT2D eigenvalue weighted by Crippen LogP contribution is -2.39. The predicted octanol–water partition coefficient (Wildman–Crippen LogP) is 4.05. The molecule has 4 rings (SSSR count). The standard InChI is InChI=1S/C23H30N6O3S2/c1-11(2)10-25-23-29-28-22(34-23)20(31)26-14-5-7-15(8-6-14)32-21-16(19(24)30)9-17-18(27-21)12(3)13(4)33-17/h9,11,14-15H,5-8,10H2,1-4H3,(H2,24,30)(H,25,29)(H,26,31). The number of aromatic nitrogens is 3. The largest absolute Gasteiger partial charge is 0.474 e. The average Bonchev–Trinajstić information content (AvgIpc) is 3.38. The van der Waals surface area contributed by atoms with Crippen LogP contribution in [0.1, 0.15) is 70.1 Å². The molecule has 3 aromatic heterocycles. The molecule has 0 spiro atoms. The molecule has 0 saturated heterocycles. The van der Waals surface area contributed by atoms with E-state index in [-0.39, 0.29) is 18.1 Å². The van der Waals surface area contributed by atoms with E-state index in [0.717, 1.165) is 52.9 Å². The number of ether oxygens (including phenoxy) is 1. The number of carbonyl (C=O) groups is 2. The first kappa shape index (κ1) is 24.3. The van der Waals surface area contributed by atoms with Gasteiger partial charge in [-0.2, -0.15) is 0 Å². The number of nitrogens with zero attached hydrogens (tertiary/aromatic N) is 3. The SMILES string of the molecule is Cc1sc2cc(C(N)=O)c(OC3CCC(NC(=O)c4nnc(NCC(C)C)s4)CC3)nc2c1C. The third-order valence-electron chi connectivity index (χ3n) is 5.93. The number of hydrogen-bond donors (Lipinski definition) is 3. The van der Waals surface area contributed by atoms with Gasteiger partial charge in [-0.05, 0) is 57.1 Å². The predicted molar refractivity (Wildman–Crippen MR) is 135 cm³/mol. The van der Waals surface area contributed by atoms with Gasteiger partial charge in [0.1, 0.15) is 11.7 Å². The maximum absolute atomic E-state index is 12.6. The van der Waals surface area contributed by atoms with Crippen LogP contribution in [0.25, 0.3) is 10.2 Å². The van der Waals surface area contributed by atoms with Gasteiger partial charge in [-0.15, -0.1) is 21.5 Å². The molecule has 3 aromatic rings. The summed E-state index contributed by atoms with van der Waals surface area (Å²) in [5, 5.41) is 15.3. The number of carbonyl (C=O) groups excluding carboxylic acids is 2. The van der Waals surface area contributed by atoms with E-state index < -0.39 is 5.91 Å². The van der Waals surface area contributed by atoms with Crippen molar-refractivity contribution < 1.29 is 14.3 Å². The van der Waals surface area contributed by atoms with Crippen LogP contribution in [0.5, 0.6) is 5.88 Å². The van der Waals surface area contributed by atoms with Crippen LogP contribution in [-0.4, -0.2) is 45.7 Å². The summed E-state index contributed by atoms with van der Waals surface area (Å²) in [4.78, 5) is 30.4. The van der Waals surface area contributed by atoms with Crippen LogP contribution in [0.15, 0.2) is 6.07 Å². The Balaban J connectivity index is 1.35. The maximum atomic E-state index is 12.6. The quantitative estimate of drug-likeness (QED) is 0.423. The number of fused-ring (bicyclic) bond motifs is 1. The lowest BCUT2D eigenvalue weighted by atomic mass is 9.93. The molecule has 0 aliphatic heterocycles. The summed E-state index contributed by atoms with van der Waals surface area (Å²) in [6, 6.07) is 1.82. The Bertz CT molecular complexity index is 1200. The Hall–Kier alpha value is -2.79. The van der Waals surface area contributed by atoms with Gasteiger partial charge in [0.05, 0.1) is 10.2 Å². The van der Waals surface area contributed by atoms with Gasteiger partial charge in [-0.25, -0.2) is 4.98 Å². The molecule has 0 bridgehead atoms. The molecule has 1 fully saturated rings. The Morgan fingerprint density at radius 1 is 1.18 bits per heavy atom. The zero-order chi connectivity index (χ0) is 24.4. The zero-order valence-electron chi connectivity index (χ0n) is 19.8. The van der Waals surface area contributed by atoms with E-state index in [0.29, 0.717) is 27.5 Å². The number of amides is 2. The van der Waals surface area contributed by atoms with Crippen molar-refractivity contribution in [3.05, 3.63) is 27.1 Å². The number of primary amides is 1. The van der Waals surface area contributed by atoms with Crippen molar-refractivity contribution in [3.8, 4) is 5.88 Å². The highest BCUT2D eigenvalue weighted by Gasteiger charge is 2.27. The monoisotopic (exact) mass is 502 g/mol. The van der Waals surface area contributed by atoms with E-state index in [1.165, 1.54) is 11.3 Å². The summed E-state index contributed by atoms with van der Waals surface area (Å²) in [7, 11) is 0. The molecule has 182 valence electrons. The van der Waals surface area contributed by atoms with E-state index in [1.807, 2.05) is 13.8 Å². The van der Waals surface area contributed by atoms with E-state index in [1.54, 1.807) is 17.4 Å². The van der Waals surface area contributed by atoms with Gasteiger partial charge in [0.2, 0.25) is 16.0 Å². The van der Waals surface area contributed by atoms with Crippen molar-refractivity contribution in [2.45, 2.75) is 65.5 Å². The minimum atomic E-state index is -0.548.